The lowest BCUT2D eigenvalue weighted by atomic mass is 9.93. The Kier molecular flexibility index (Phi) is 6.29. The quantitative estimate of drug-likeness (QED) is 0.314. The van der Waals surface area contributed by atoms with Crippen molar-refractivity contribution in [1.29, 1.82) is 5.26 Å². The molecular weight excluding hydrogens is 438 g/mol. The van der Waals surface area contributed by atoms with Crippen LogP contribution < -0.4 is 5.32 Å². The predicted molar refractivity (Wildman–Crippen MR) is 137 cm³/mol. The average Bonchev–Trinajstić information content (AvgIpc) is 2.82. The number of para-hydroxylation sites is 1. The number of hydrogen-bond acceptors (Lipinski definition) is 5. The van der Waals surface area contributed by atoms with Crippen molar-refractivity contribution in [2.45, 2.75) is 39.3 Å². The van der Waals surface area contributed by atoms with E-state index in [9.17, 15) is 20.3 Å². The fourth-order valence-electron chi connectivity index (χ4n) is 4.28. The molecule has 1 heterocycles. The molecule has 1 unspecified atom stereocenters. The SMILES string of the molecule is Cc1cc(C(C)Nc2ccccc2C(=O)O)c2cc(-c3ccc(C(C)(C)O)cc3)c(C#N)nc2c1. The molecule has 4 rings (SSSR count). The van der Waals surface area contributed by atoms with E-state index in [1.165, 1.54) is 0 Å². The molecule has 4 aromatic rings. The molecule has 1 atom stereocenters. The molecule has 3 aromatic carbocycles. The Hall–Kier alpha value is -4.21. The number of fused-ring (bicyclic) bond motifs is 1. The Morgan fingerprint density at radius 3 is 2.40 bits per heavy atom. The summed E-state index contributed by atoms with van der Waals surface area (Å²) in [7, 11) is 0. The van der Waals surface area contributed by atoms with E-state index in [0.717, 1.165) is 27.6 Å². The maximum atomic E-state index is 11.7. The van der Waals surface area contributed by atoms with Gasteiger partial charge in [-0.25, -0.2) is 9.78 Å². The summed E-state index contributed by atoms with van der Waals surface area (Å²) in [4.78, 5) is 16.3. The zero-order valence-corrected chi connectivity index (χ0v) is 20.1. The van der Waals surface area contributed by atoms with Gasteiger partial charge in [0, 0.05) is 22.7 Å². The number of rotatable bonds is 6. The number of carboxylic acid groups (broad SMARTS) is 1. The summed E-state index contributed by atoms with van der Waals surface area (Å²) in [6, 6.07) is 22.2. The van der Waals surface area contributed by atoms with E-state index in [1.54, 1.807) is 38.1 Å². The third-order valence-electron chi connectivity index (χ3n) is 6.11. The van der Waals surface area contributed by atoms with Crippen LogP contribution in [0.15, 0.2) is 66.7 Å². The number of hydrogen-bond donors (Lipinski definition) is 3. The van der Waals surface area contributed by atoms with E-state index in [0.29, 0.717) is 22.5 Å². The average molecular weight is 466 g/mol. The number of carboxylic acids is 1. The molecule has 0 radical (unpaired) electrons. The Bertz CT molecular complexity index is 1460. The van der Waals surface area contributed by atoms with Crippen LogP contribution in [0, 0.1) is 18.3 Å². The number of carbonyl (C=O) groups is 1. The van der Waals surface area contributed by atoms with Crippen LogP contribution in [0.5, 0.6) is 0 Å². The van der Waals surface area contributed by atoms with Crippen LogP contribution in [-0.2, 0) is 5.60 Å². The van der Waals surface area contributed by atoms with Crippen molar-refractivity contribution in [3.8, 4) is 17.2 Å². The highest BCUT2D eigenvalue weighted by atomic mass is 16.4. The summed E-state index contributed by atoms with van der Waals surface area (Å²) < 4.78 is 0. The summed E-state index contributed by atoms with van der Waals surface area (Å²) in [6.07, 6.45) is 0. The molecule has 0 aliphatic heterocycles. The highest BCUT2D eigenvalue weighted by Gasteiger charge is 2.19. The third kappa shape index (κ3) is 4.86. The van der Waals surface area contributed by atoms with Gasteiger partial charge < -0.3 is 15.5 Å². The second-order valence-electron chi connectivity index (χ2n) is 9.27. The number of nitrogens with one attached hydrogen (secondary N) is 1. The first kappa shape index (κ1) is 23.9. The van der Waals surface area contributed by atoms with Gasteiger partial charge in [-0.2, -0.15) is 5.26 Å². The van der Waals surface area contributed by atoms with Gasteiger partial charge in [-0.1, -0.05) is 42.5 Å². The molecule has 0 spiro atoms. The third-order valence-corrected chi connectivity index (χ3v) is 6.11. The normalized spacial score (nSPS) is 12.2. The molecule has 3 N–H and O–H groups in total. The Morgan fingerprint density at radius 1 is 1.09 bits per heavy atom. The van der Waals surface area contributed by atoms with Gasteiger partial charge >= 0.3 is 5.97 Å². The zero-order chi connectivity index (χ0) is 25.3. The van der Waals surface area contributed by atoms with Crippen molar-refractivity contribution in [3.63, 3.8) is 0 Å². The predicted octanol–water partition coefficient (Wildman–Crippen LogP) is 6.18. The zero-order valence-electron chi connectivity index (χ0n) is 20.1. The standard InChI is InChI=1S/C29H27N3O3/c1-17-13-22(18(2)31-25-8-6-5-7-21(25)28(33)34)24-15-23(27(16-30)32-26(24)14-17)19-9-11-20(12-10-19)29(3,4)35/h5-15,18,31,35H,1-4H3,(H,33,34). The lowest BCUT2D eigenvalue weighted by Crippen LogP contribution is -2.14. The van der Waals surface area contributed by atoms with E-state index in [2.05, 4.69) is 22.4 Å². The fraction of sp³-hybridized carbons (Fsp3) is 0.207. The van der Waals surface area contributed by atoms with Gasteiger partial charge in [0.15, 0.2) is 0 Å². The maximum Gasteiger partial charge on any atom is 0.337 e. The molecule has 0 aliphatic carbocycles. The van der Waals surface area contributed by atoms with Crippen LogP contribution >= 0.6 is 0 Å². The number of nitrogens with zero attached hydrogens (tertiary/aromatic N) is 2. The topological polar surface area (TPSA) is 106 Å². The van der Waals surface area contributed by atoms with Crippen LogP contribution in [0.1, 0.15) is 59.6 Å². The second kappa shape index (κ2) is 9.21. The van der Waals surface area contributed by atoms with Crippen molar-refractivity contribution in [1.82, 2.24) is 4.98 Å². The van der Waals surface area contributed by atoms with E-state index in [4.69, 9.17) is 0 Å². The minimum Gasteiger partial charge on any atom is -0.478 e. The largest absolute Gasteiger partial charge is 0.478 e. The Balaban J connectivity index is 1.84. The molecule has 1 aromatic heterocycles. The smallest absolute Gasteiger partial charge is 0.337 e. The molecule has 0 saturated carbocycles. The summed E-state index contributed by atoms with van der Waals surface area (Å²) in [5.74, 6) is -0.994. The first-order valence-electron chi connectivity index (χ1n) is 11.4. The molecule has 0 bridgehead atoms. The monoisotopic (exact) mass is 465 g/mol. The lowest BCUT2D eigenvalue weighted by molar-refractivity contribution is 0.0697. The number of aryl methyl sites for hydroxylation is 1. The molecule has 0 saturated heterocycles. The number of aliphatic hydroxyl groups is 1. The summed E-state index contributed by atoms with van der Waals surface area (Å²) in [5, 5.41) is 33.9. The number of pyridine rings is 1. The molecule has 35 heavy (non-hydrogen) atoms. The first-order valence-corrected chi connectivity index (χ1v) is 11.4. The van der Waals surface area contributed by atoms with Crippen LogP contribution in [-0.4, -0.2) is 21.2 Å². The van der Waals surface area contributed by atoms with Gasteiger partial charge in [-0.15, -0.1) is 0 Å². The number of nitriles is 1. The number of anilines is 1. The fourth-order valence-corrected chi connectivity index (χ4v) is 4.28. The van der Waals surface area contributed by atoms with Crippen molar-refractivity contribution < 1.29 is 15.0 Å². The molecule has 0 amide bonds. The van der Waals surface area contributed by atoms with Crippen molar-refractivity contribution in [2.24, 2.45) is 0 Å². The van der Waals surface area contributed by atoms with E-state index >= 15 is 0 Å². The second-order valence-corrected chi connectivity index (χ2v) is 9.27. The maximum absolute atomic E-state index is 11.7. The van der Waals surface area contributed by atoms with Crippen molar-refractivity contribution in [2.75, 3.05) is 5.32 Å². The number of aromatic carboxylic acids is 1. The first-order chi connectivity index (χ1) is 16.6. The minimum atomic E-state index is -0.994. The van der Waals surface area contributed by atoms with Crippen LogP contribution in [0.25, 0.3) is 22.0 Å². The molecule has 0 fully saturated rings. The van der Waals surface area contributed by atoms with Crippen molar-refractivity contribution >= 4 is 22.6 Å². The van der Waals surface area contributed by atoms with Crippen molar-refractivity contribution in [3.05, 3.63) is 94.7 Å². The molecule has 176 valence electrons. The molecular formula is C29H27N3O3. The number of aromatic nitrogens is 1. The number of benzene rings is 3. The molecule has 6 heteroatoms. The van der Waals surface area contributed by atoms with E-state index in [-0.39, 0.29) is 11.6 Å². The summed E-state index contributed by atoms with van der Waals surface area (Å²) in [6.45, 7) is 7.40. The van der Waals surface area contributed by atoms with E-state index < -0.39 is 11.6 Å². The Labute approximate surface area is 204 Å². The van der Waals surface area contributed by atoms with Gasteiger partial charge in [-0.05, 0) is 74.2 Å². The van der Waals surface area contributed by atoms with Crippen LogP contribution in [0.4, 0.5) is 5.69 Å². The molecule has 0 aliphatic rings. The van der Waals surface area contributed by atoms with Gasteiger partial charge in [0.05, 0.1) is 16.7 Å². The minimum absolute atomic E-state index is 0.203. The van der Waals surface area contributed by atoms with Gasteiger partial charge in [0.1, 0.15) is 11.8 Å². The highest BCUT2D eigenvalue weighted by molar-refractivity contribution is 5.94. The van der Waals surface area contributed by atoms with Crippen LogP contribution in [0.3, 0.4) is 0 Å². The van der Waals surface area contributed by atoms with Gasteiger partial charge in [0.2, 0.25) is 0 Å². The van der Waals surface area contributed by atoms with E-state index in [1.807, 2.05) is 50.2 Å². The lowest BCUT2D eigenvalue weighted by Gasteiger charge is -2.21. The molecule has 6 nitrogen and oxygen atoms in total. The highest BCUT2D eigenvalue weighted by Crippen LogP contribution is 2.34. The van der Waals surface area contributed by atoms with Crippen LogP contribution in [0.2, 0.25) is 0 Å². The van der Waals surface area contributed by atoms with Gasteiger partial charge in [-0.3, -0.25) is 0 Å². The van der Waals surface area contributed by atoms with Gasteiger partial charge in [0.25, 0.3) is 0 Å². The summed E-state index contributed by atoms with van der Waals surface area (Å²) in [5.41, 5.74) is 5.04. The Morgan fingerprint density at radius 2 is 1.77 bits per heavy atom. The summed E-state index contributed by atoms with van der Waals surface area (Å²) >= 11 is 0.